The molecule has 396 valence electrons. The van der Waals surface area contributed by atoms with Crippen LogP contribution in [-0.4, -0.2) is 119 Å². The number of amides is 4. The number of hydrogen-bond donors (Lipinski definition) is 2. The van der Waals surface area contributed by atoms with E-state index in [-0.39, 0.29) is 69.0 Å². The molecule has 8 rings (SSSR count). The number of carbonyl (C=O) groups is 4. The minimum Gasteiger partial charge on any atom is -0.336 e. The van der Waals surface area contributed by atoms with Crippen molar-refractivity contribution in [3.63, 3.8) is 0 Å². The van der Waals surface area contributed by atoms with Gasteiger partial charge in [-0.1, -0.05) is 100 Å². The number of rotatable bonds is 16. The Hall–Kier alpha value is -8.39. The van der Waals surface area contributed by atoms with Crippen molar-refractivity contribution in [1.82, 2.24) is 30.4 Å². The summed E-state index contributed by atoms with van der Waals surface area (Å²) in [5, 5.41) is 33.7. The number of nitrogens with zero attached hydrogens (tertiary/aromatic N) is 8. The molecule has 0 spiro atoms. The third kappa shape index (κ3) is 12.3. The number of benzene rings is 4. The van der Waals surface area contributed by atoms with E-state index in [4.69, 9.17) is 0 Å². The predicted molar refractivity (Wildman–Crippen MR) is 299 cm³/mol. The third-order valence-electron chi connectivity index (χ3n) is 13.8. The molecule has 2 saturated heterocycles. The molecule has 2 aromatic heterocycles. The summed E-state index contributed by atoms with van der Waals surface area (Å²) < 4.78 is 0. The first-order valence-corrected chi connectivity index (χ1v) is 26.1. The minimum atomic E-state index is -0.684. The summed E-state index contributed by atoms with van der Waals surface area (Å²) in [5.74, 6) is -1.39. The van der Waals surface area contributed by atoms with E-state index < -0.39 is 33.7 Å². The SMILES string of the molecule is CC(C)c1ccccc1-c1c(/C=C/C(=O)N2CCNC(C(=O)N(C)c3ccncc3)C2)ccc(Sc2ccc(/C=C/C(=O)N3CCNC(C(=O)N(C)c4ccncc4)C3)c(-c3ccccc3C(C)C)c2[N+](=O)[O-])c1[N+](=O)[O-]. The standard InChI is InChI=1S/C58H60N10O8S/c1-37(2)43-11-7-9-13-45(43)53-39(17-21-51(69)65-33-31-61-47(35-65)57(71)63(5)41-23-27-59-28-24-41)15-19-49(55(53)67(73)74)77-50-20-16-40(54(56(50)68(75)76)46-14-10-8-12-44(46)38(3)4)18-22-52(70)66-34-32-62-48(36-66)58(72)64(6)42-25-29-60-30-26-42/h7-30,37-38,47-48,61-62H,31-36H2,1-6H3/b21-17+,22-18+. The second-order valence-electron chi connectivity index (χ2n) is 19.3. The first-order valence-electron chi connectivity index (χ1n) is 25.3. The van der Waals surface area contributed by atoms with Crippen molar-refractivity contribution in [2.75, 3.05) is 63.2 Å². The Morgan fingerprint density at radius 1 is 0.597 bits per heavy atom. The van der Waals surface area contributed by atoms with Gasteiger partial charge in [0.2, 0.25) is 23.6 Å². The van der Waals surface area contributed by atoms with E-state index >= 15 is 0 Å². The van der Waals surface area contributed by atoms with Crippen molar-refractivity contribution in [2.45, 2.75) is 61.4 Å². The zero-order chi connectivity index (χ0) is 54.9. The molecule has 0 aliphatic carbocycles. The molecule has 0 saturated carbocycles. The van der Waals surface area contributed by atoms with E-state index in [1.165, 1.54) is 22.0 Å². The zero-order valence-corrected chi connectivity index (χ0v) is 44.5. The van der Waals surface area contributed by atoms with Crippen LogP contribution in [0.15, 0.2) is 144 Å². The Kier molecular flexibility index (Phi) is 17.5. The molecule has 4 heterocycles. The summed E-state index contributed by atoms with van der Waals surface area (Å²) in [4.78, 5) is 95.8. The highest BCUT2D eigenvalue weighted by Gasteiger charge is 2.34. The van der Waals surface area contributed by atoms with Crippen LogP contribution in [-0.2, 0) is 19.2 Å². The molecule has 2 fully saturated rings. The van der Waals surface area contributed by atoms with E-state index in [2.05, 4.69) is 20.6 Å². The quantitative estimate of drug-likeness (QED) is 0.0526. The number of nitro groups is 2. The monoisotopic (exact) mass is 1060 g/mol. The number of piperazine rings is 2. The van der Waals surface area contributed by atoms with Gasteiger partial charge >= 0.3 is 0 Å². The highest BCUT2D eigenvalue weighted by Crippen LogP contribution is 2.50. The van der Waals surface area contributed by atoms with Gasteiger partial charge in [0.05, 0.1) is 30.8 Å². The number of likely N-dealkylation sites (N-methyl/N-ethyl adjacent to an activating group) is 2. The van der Waals surface area contributed by atoms with Crippen LogP contribution in [0.1, 0.15) is 61.8 Å². The number of aromatic nitrogens is 2. The molecular formula is C58H60N10O8S. The molecule has 2 unspecified atom stereocenters. The maximum Gasteiger partial charge on any atom is 0.291 e. The largest absolute Gasteiger partial charge is 0.336 e. The van der Waals surface area contributed by atoms with Crippen molar-refractivity contribution >= 4 is 70.3 Å². The van der Waals surface area contributed by atoms with Gasteiger partial charge in [-0.3, -0.25) is 49.4 Å². The number of nitro benzene ring substituents is 2. The van der Waals surface area contributed by atoms with E-state index in [1.54, 1.807) is 134 Å². The fraction of sp³-hybridized carbons (Fsp3) is 0.276. The van der Waals surface area contributed by atoms with Crippen LogP contribution in [0.4, 0.5) is 22.7 Å². The molecule has 6 aromatic rings. The smallest absolute Gasteiger partial charge is 0.291 e. The fourth-order valence-corrected chi connectivity index (χ4v) is 10.8. The van der Waals surface area contributed by atoms with Gasteiger partial charge < -0.3 is 30.2 Å². The topological polar surface area (TPSA) is 217 Å². The lowest BCUT2D eigenvalue weighted by Gasteiger charge is -2.34. The molecule has 19 heteroatoms. The molecular weight excluding hydrogens is 997 g/mol. The van der Waals surface area contributed by atoms with Crippen LogP contribution in [0.3, 0.4) is 0 Å². The van der Waals surface area contributed by atoms with Crippen molar-refractivity contribution in [3.8, 4) is 22.3 Å². The van der Waals surface area contributed by atoms with Crippen LogP contribution >= 0.6 is 11.8 Å². The second kappa shape index (κ2) is 24.5. The lowest BCUT2D eigenvalue weighted by atomic mass is 9.89. The third-order valence-corrected chi connectivity index (χ3v) is 14.9. The van der Waals surface area contributed by atoms with Gasteiger partial charge in [-0.05, 0) is 93.8 Å². The highest BCUT2D eigenvalue weighted by atomic mass is 32.2. The molecule has 4 aromatic carbocycles. The van der Waals surface area contributed by atoms with Gasteiger partial charge in [0.25, 0.3) is 11.4 Å². The summed E-state index contributed by atoms with van der Waals surface area (Å²) in [5.41, 5.74) is 4.63. The molecule has 0 bridgehead atoms. The summed E-state index contributed by atoms with van der Waals surface area (Å²) in [6.07, 6.45) is 12.2. The van der Waals surface area contributed by atoms with E-state index in [0.717, 1.165) is 22.9 Å². The van der Waals surface area contributed by atoms with E-state index in [1.807, 2.05) is 52.0 Å². The molecule has 2 aliphatic heterocycles. The van der Waals surface area contributed by atoms with Crippen LogP contribution in [0.5, 0.6) is 0 Å². The Balaban J connectivity index is 1.16. The molecule has 2 atom stereocenters. The number of pyridine rings is 2. The summed E-state index contributed by atoms with van der Waals surface area (Å²) in [6.45, 7) is 9.47. The van der Waals surface area contributed by atoms with Crippen molar-refractivity contribution < 1.29 is 29.0 Å². The number of carbonyl (C=O) groups excluding carboxylic acids is 4. The summed E-state index contributed by atoms with van der Waals surface area (Å²) in [6, 6.07) is 26.6. The maximum atomic E-state index is 14.0. The highest BCUT2D eigenvalue weighted by molar-refractivity contribution is 7.99. The first kappa shape index (κ1) is 54.9. The van der Waals surface area contributed by atoms with Gasteiger partial charge in [-0.25, -0.2) is 0 Å². The van der Waals surface area contributed by atoms with E-state index in [0.29, 0.717) is 59.8 Å². The second-order valence-corrected chi connectivity index (χ2v) is 20.4. The normalized spacial score (nSPS) is 15.8. The van der Waals surface area contributed by atoms with Gasteiger partial charge in [0, 0.05) is 102 Å². The van der Waals surface area contributed by atoms with Crippen molar-refractivity contribution in [3.05, 3.63) is 176 Å². The number of anilines is 2. The molecule has 0 radical (unpaired) electrons. The lowest BCUT2D eigenvalue weighted by molar-refractivity contribution is -0.387. The zero-order valence-electron chi connectivity index (χ0n) is 43.7. The van der Waals surface area contributed by atoms with Gasteiger partial charge in [0.1, 0.15) is 12.1 Å². The fourth-order valence-electron chi connectivity index (χ4n) is 9.74. The Bertz CT molecular complexity index is 3050. The number of nitrogens with one attached hydrogen (secondary N) is 2. The molecule has 18 nitrogen and oxygen atoms in total. The minimum absolute atomic E-state index is 0.0758. The summed E-state index contributed by atoms with van der Waals surface area (Å²) in [7, 11) is 3.32. The van der Waals surface area contributed by atoms with Gasteiger partial charge in [-0.2, -0.15) is 0 Å². The molecule has 2 aliphatic rings. The molecule has 4 amide bonds. The lowest BCUT2D eigenvalue weighted by Crippen LogP contribution is -2.58. The average molecular weight is 1060 g/mol. The van der Waals surface area contributed by atoms with Crippen LogP contribution in [0, 0.1) is 20.2 Å². The Labute approximate surface area is 451 Å². The maximum absolute atomic E-state index is 14.0. The predicted octanol–water partition coefficient (Wildman–Crippen LogP) is 8.98. The van der Waals surface area contributed by atoms with Crippen LogP contribution in [0.25, 0.3) is 34.4 Å². The average Bonchev–Trinajstić information content (AvgIpc) is 3.48. The van der Waals surface area contributed by atoms with Crippen molar-refractivity contribution in [2.24, 2.45) is 0 Å². The van der Waals surface area contributed by atoms with Crippen molar-refractivity contribution in [1.29, 1.82) is 0 Å². The Morgan fingerprint density at radius 2 is 0.974 bits per heavy atom. The Morgan fingerprint density at radius 3 is 1.34 bits per heavy atom. The van der Waals surface area contributed by atoms with Gasteiger partial charge in [0.15, 0.2) is 0 Å². The number of hydrogen-bond acceptors (Lipinski definition) is 13. The van der Waals surface area contributed by atoms with E-state index in [9.17, 15) is 39.4 Å². The molecule has 77 heavy (non-hydrogen) atoms. The van der Waals surface area contributed by atoms with Crippen LogP contribution < -0.4 is 20.4 Å². The first-order chi connectivity index (χ1) is 37.0. The van der Waals surface area contributed by atoms with Crippen LogP contribution in [0.2, 0.25) is 0 Å². The summed E-state index contributed by atoms with van der Waals surface area (Å²) >= 11 is 0.888. The molecule has 2 N–H and O–H groups in total. The van der Waals surface area contributed by atoms with Gasteiger partial charge in [-0.15, -0.1) is 0 Å².